The highest BCUT2D eigenvalue weighted by molar-refractivity contribution is 5.78. The number of urea groups is 1. The Kier molecular flexibility index (Phi) is 21.4. The van der Waals surface area contributed by atoms with E-state index in [1.54, 1.807) is 33.3 Å². The van der Waals surface area contributed by atoms with E-state index in [0.29, 0.717) is 49.9 Å². The largest absolute Gasteiger partial charge is 0.462 e. The molecule has 5 N–H and O–H groups in total. The zero-order chi connectivity index (χ0) is 54.9. The number of rotatable bonds is 17. The van der Waals surface area contributed by atoms with Crippen LogP contribution in [0.4, 0.5) is 4.79 Å². The van der Waals surface area contributed by atoms with Crippen molar-refractivity contribution >= 4 is 17.9 Å². The molecule has 3 amide bonds. The van der Waals surface area contributed by atoms with Crippen LogP contribution in [0, 0.1) is 23.7 Å². The monoisotopic (exact) mass is 1070 g/mol. The number of hydroxylamine groups is 1. The number of unbranched alkanes of at least 4 members (excludes halogenated alkanes) is 3. The molecule has 19 heteroatoms. The maximum absolute atomic E-state index is 14.4. The van der Waals surface area contributed by atoms with Crippen LogP contribution in [0.25, 0.3) is 0 Å². The third kappa shape index (κ3) is 14.4. The van der Waals surface area contributed by atoms with E-state index in [9.17, 15) is 24.6 Å². The first-order chi connectivity index (χ1) is 36.3. The number of esters is 1. The molecule has 19 nitrogen and oxygen atoms in total. The smallest absolute Gasteiger partial charge is 0.338 e. The molecule has 1 spiro atoms. The van der Waals surface area contributed by atoms with E-state index in [2.05, 4.69) is 56.0 Å². The zero-order valence-electron chi connectivity index (χ0n) is 46.7. The Morgan fingerprint density at radius 1 is 0.855 bits per heavy atom. The lowest BCUT2D eigenvalue weighted by atomic mass is 9.71. The minimum absolute atomic E-state index is 0.0133. The van der Waals surface area contributed by atoms with Crippen molar-refractivity contribution < 1.29 is 76.8 Å². The number of methoxy groups -OCH3 is 2. The number of amides is 3. The molecule has 6 aliphatic heterocycles. The summed E-state index contributed by atoms with van der Waals surface area (Å²) in [4.78, 5) is 43.9. The molecule has 2 bridgehead atoms. The molecule has 0 aromatic heterocycles. The molecule has 0 saturated carbocycles. The predicted molar refractivity (Wildman–Crippen MR) is 280 cm³/mol. The Labute approximate surface area is 450 Å². The molecule has 76 heavy (non-hydrogen) atoms. The number of carbonyl (C=O) groups excluding carboxylic acids is 3. The van der Waals surface area contributed by atoms with Crippen molar-refractivity contribution in [2.75, 3.05) is 33.9 Å². The Bertz CT molecular complexity index is 2120. The van der Waals surface area contributed by atoms with Crippen molar-refractivity contribution in [2.24, 2.45) is 23.7 Å². The van der Waals surface area contributed by atoms with Gasteiger partial charge in [0, 0.05) is 71.8 Å². The second-order valence-electron chi connectivity index (χ2n) is 22.3. The summed E-state index contributed by atoms with van der Waals surface area (Å²) in [6.07, 6.45) is 11.5. The maximum atomic E-state index is 14.4. The highest BCUT2D eigenvalue weighted by Gasteiger charge is 2.60. The van der Waals surface area contributed by atoms with E-state index in [-0.39, 0.29) is 42.8 Å². The van der Waals surface area contributed by atoms with Gasteiger partial charge < -0.3 is 68.2 Å². The van der Waals surface area contributed by atoms with Crippen LogP contribution in [0.5, 0.6) is 0 Å². The fourth-order valence-corrected chi connectivity index (χ4v) is 11.9. The Morgan fingerprint density at radius 3 is 2.21 bits per heavy atom. The summed E-state index contributed by atoms with van der Waals surface area (Å²) in [6.45, 7) is 18.7. The van der Waals surface area contributed by atoms with Gasteiger partial charge in [0.15, 0.2) is 18.4 Å². The van der Waals surface area contributed by atoms with Gasteiger partial charge in [-0.25, -0.2) is 10.3 Å². The summed E-state index contributed by atoms with van der Waals surface area (Å²) >= 11 is 0. The van der Waals surface area contributed by atoms with Crippen LogP contribution in [-0.2, 0) is 61.8 Å². The predicted octanol–water partition coefficient (Wildman–Crippen LogP) is 6.31. The number of hydrogen-bond acceptors (Lipinski definition) is 16. The molecule has 0 radical (unpaired) electrons. The van der Waals surface area contributed by atoms with Crippen molar-refractivity contribution in [3.05, 3.63) is 59.3 Å². The molecule has 428 valence electrons. The number of nitrogens with one attached hydrogen (secondary N) is 3. The first-order valence-corrected chi connectivity index (χ1v) is 27.9. The van der Waals surface area contributed by atoms with E-state index >= 15 is 0 Å². The summed E-state index contributed by atoms with van der Waals surface area (Å²) in [7, 11) is 3.22. The van der Waals surface area contributed by atoms with E-state index < -0.39 is 109 Å². The van der Waals surface area contributed by atoms with Crippen molar-refractivity contribution in [1.29, 1.82) is 0 Å². The molecule has 7 rings (SSSR count). The average Bonchev–Trinajstić information content (AvgIpc) is 3.73. The first kappa shape index (κ1) is 60.1. The summed E-state index contributed by atoms with van der Waals surface area (Å²) in [5, 5.41) is 29.5. The highest BCUT2D eigenvalue weighted by Crippen LogP contribution is 2.47. The molecule has 6 heterocycles. The van der Waals surface area contributed by atoms with Gasteiger partial charge in [0.2, 0.25) is 5.91 Å². The van der Waals surface area contributed by atoms with E-state index in [1.807, 2.05) is 39.0 Å². The van der Waals surface area contributed by atoms with Crippen LogP contribution in [-0.4, -0.2) is 159 Å². The van der Waals surface area contributed by atoms with Crippen molar-refractivity contribution in [2.45, 2.75) is 224 Å². The lowest BCUT2D eigenvalue weighted by Crippen LogP contribution is -2.58. The molecule has 0 aromatic carbocycles. The molecule has 4 saturated heterocycles. The van der Waals surface area contributed by atoms with Crippen LogP contribution < -0.4 is 16.1 Å². The third-order valence-electron chi connectivity index (χ3n) is 16.5. The van der Waals surface area contributed by atoms with Crippen LogP contribution in [0.2, 0.25) is 0 Å². The fraction of sp³-hybridized carbons (Fsp3) is 0.772. The van der Waals surface area contributed by atoms with Gasteiger partial charge >= 0.3 is 12.0 Å². The zero-order valence-corrected chi connectivity index (χ0v) is 46.7. The van der Waals surface area contributed by atoms with E-state index in [1.165, 1.54) is 6.92 Å². The number of ether oxygens (including phenoxy) is 10. The van der Waals surface area contributed by atoms with Gasteiger partial charge in [-0.1, -0.05) is 83.4 Å². The van der Waals surface area contributed by atoms with Crippen LogP contribution in [0.15, 0.2) is 59.3 Å². The number of carbonyl (C=O) groups is 3. The van der Waals surface area contributed by atoms with Gasteiger partial charge in [0.25, 0.3) is 0 Å². The van der Waals surface area contributed by atoms with Crippen LogP contribution >= 0.6 is 0 Å². The molecule has 1 aliphatic carbocycles. The fourth-order valence-electron chi connectivity index (χ4n) is 11.9. The second-order valence-corrected chi connectivity index (χ2v) is 22.3. The normalized spacial score (nSPS) is 42.0. The van der Waals surface area contributed by atoms with Crippen LogP contribution in [0.3, 0.4) is 0 Å². The summed E-state index contributed by atoms with van der Waals surface area (Å²) in [6, 6.07) is -0.461. The third-order valence-corrected chi connectivity index (χ3v) is 16.5. The standard InChI is InChI=1S/C57H89N3O16/c1-12-32(2)50-35(5)22-23-56(75-50)30-42-27-41(74-56)21-20-34(4)49(33(3)18-17-19-40-31-68-53-48(62)36(6)26-43(54(63)71-42)57(40,53)65)72-46-28-44(66-10)51(37(7)69-46)73-47-29-45(67-11)52(38(8)70-47)76-60-55(64)59-25-16-14-13-15-24-58-39(9)61/h17-20,22-23,26,32-33,35,37-38,41-53,62,65H,12-16,21,24-25,27-31H2,1-11H3,(H,58,61)(H2,59,60,64)/b18-17+,34-20+,40-19+/t32-,33-,35-,37-,38-,41+,42-,43?,44-,45-,46-,47-,48+,49-,50+,51-,52+,53+,56+,57+/m0/s1. The number of hydrogen-bond donors (Lipinski definition) is 5. The lowest BCUT2D eigenvalue weighted by Gasteiger charge is -2.48. The maximum Gasteiger partial charge on any atom is 0.338 e. The molecular formula is C57H89N3O16. The van der Waals surface area contributed by atoms with E-state index in [4.69, 9.17) is 52.2 Å². The molecule has 0 aromatic rings. The minimum atomic E-state index is -1.86. The average molecular weight is 1070 g/mol. The van der Waals surface area contributed by atoms with Gasteiger partial charge in [0.05, 0.1) is 49.3 Å². The van der Waals surface area contributed by atoms with Gasteiger partial charge in [0.1, 0.15) is 42.0 Å². The van der Waals surface area contributed by atoms with Gasteiger partial charge in [-0.15, -0.1) is 0 Å². The van der Waals surface area contributed by atoms with E-state index in [0.717, 1.165) is 37.7 Å². The van der Waals surface area contributed by atoms with Gasteiger partial charge in [-0.05, 0) is 75.7 Å². The molecule has 7 aliphatic rings. The lowest BCUT2D eigenvalue weighted by molar-refractivity contribution is -0.322. The summed E-state index contributed by atoms with van der Waals surface area (Å²) < 4.78 is 64.9. The number of allylic oxidation sites excluding steroid dienone is 2. The minimum Gasteiger partial charge on any atom is -0.462 e. The summed E-state index contributed by atoms with van der Waals surface area (Å²) in [5.74, 6) is -2.73. The van der Waals surface area contributed by atoms with Gasteiger partial charge in [-0.2, -0.15) is 0 Å². The van der Waals surface area contributed by atoms with Crippen molar-refractivity contribution in [3.8, 4) is 0 Å². The number of aliphatic hydroxyl groups is 2. The summed E-state index contributed by atoms with van der Waals surface area (Å²) in [5.41, 5.74) is 2.56. The SMILES string of the molecule is CC[C@H](C)[C@H]1O[C@]2(C=C[C@@H]1C)C[C@@H]1C[C@@H](C/C=C(\C)[C@@H](O[C@H]3C[C@H](OC)[C@@H](O[C@H]4C[C@H](OC)[C@H](ONC(=O)NCCCCCCNC(C)=O)[C@H](C)O4)[C@H](C)O3)[C@@H](C)/C=C/C=C3\CO[C@@H]4[C@H](O)C(C)=CC(C(=O)O1)[C@]34O)O2. The Morgan fingerprint density at radius 2 is 1.53 bits per heavy atom. The molecular weight excluding hydrogens is 983 g/mol. The highest BCUT2D eigenvalue weighted by atomic mass is 16.7. The molecule has 4 fully saturated rings. The number of fused-ring (bicyclic) bond motifs is 2. The second kappa shape index (κ2) is 27.1. The van der Waals surface area contributed by atoms with Gasteiger partial charge in [-0.3, -0.25) is 14.4 Å². The number of aliphatic hydroxyl groups excluding tert-OH is 1. The molecule has 1 unspecified atom stereocenters. The topological polar surface area (TPSA) is 229 Å². The van der Waals surface area contributed by atoms with Crippen molar-refractivity contribution in [3.63, 3.8) is 0 Å². The Hall–Kier alpha value is -3.57. The molecule has 20 atom stereocenters. The first-order valence-electron chi connectivity index (χ1n) is 27.9. The van der Waals surface area contributed by atoms with Crippen molar-refractivity contribution in [1.82, 2.24) is 16.1 Å². The Balaban J connectivity index is 1.04. The van der Waals surface area contributed by atoms with Crippen LogP contribution in [0.1, 0.15) is 127 Å². The quantitative estimate of drug-likeness (QED) is 0.0465.